The molecule has 4 aromatic rings. The molecule has 5 rings (SSSR count). The number of rotatable bonds is 4. The Labute approximate surface area is 175 Å². The lowest BCUT2D eigenvalue weighted by Gasteiger charge is -2.11. The molecule has 30 heavy (non-hydrogen) atoms. The van der Waals surface area contributed by atoms with Gasteiger partial charge < -0.3 is 0 Å². The summed E-state index contributed by atoms with van der Waals surface area (Å²) >= 11 is 0. The van der Waals surface area contributed by atoms with Gasteiger partial charge in [-0.25, -0.2) is 0 Å². The van der Waals surface area contributed by atoms with E-state index in [1.165, 1.54) is 22.3 Å². The average Bonchev–Trinajstić information content (AvgIpc) is 3.19. The number of allylic oxidation sites excluding steroid dienone is 1. The Morgan fingerprint density at radius 2 is 1.27 bits per heavy atom. The van der Waals surface area contributed by atoms with Gasteiger partial charge in [0.1, 0.15) is 0 Å². The monoisotopic (exact) mass is 389 g/mol. The summed E-state index contributed by atoms with van der Waals surface area (Å²) in [6, 6.07) is 34.0. The highest BCUT2D eigenvalue weighted by molar-refractivity contribution is 6.04. The van der Waals surface area contributed by atoms with Crippen molar-refractivity contribution < 1.29 is 4.92 Å². The zero-order valence-corrected chi connectivity index (χ0v) is 16.3. The van der Waals surface area contributed by atoms with Gasteiger partial charge in [-0.3, -0.25) is 10.1 Å². The highest BCUT2D eigenvalue weighted by Gasteiger charge is 2.25. The Balaban J connectivity index is 1.73. The van der Waals surface area contributed by atoms with E-state index in [-0.39, 0.29) is 10.6 Å². The lowest BCUT2D eigenvalue weighted by molar-refractivity contribution is -0.384. The molecule has 0 spiro atoms. The minimum atomic E-state index is -0.314. The van der Waals surface area contributed by atoms with Crippen molar-refractivity contribution in [2.45, 2.75) is 6.42 Å². The van der Waals surface area contributed by atoms with Crippen LogP contribution in [0.1, 0.15) is 22.3 Å². The van der Waals surface area contributed by atoms with E-state index in [2.05, 4.69) is 60.7 Å². The Morgan fingerprint density at radius 1 is 0.633 bits per heavy atom. The summed E-state index contributed by atoms with van der Waals surface area (Å²) in [4.78, 5) is 11.2. The summed E-state index contributed by atoms with van der Waals surface area (Å²) in [6.07, 6.45) is 0.848. The third-order valence-electron chi connectivity index (χ3n) is 5.64. The second-order valence-corrected chi connectivity index (χ2v) is 7.41. The molecule has 0 saturated heterocycles. The van der Waals surface area contributed by atoms with E-state index in [1.54, 1.807) is 12.1 Å². The second kappa shape index (κ2) is 7.45. The molecule has 0 atom stereocenters. The van der Waals surface area contributed by atoms with Crippen LogP contribution in [0.25, 0.3) is 22.3 Å². The minimum absolute atomic E-state index is 0.129. The molecule has 0 heterocycles. The van der Waals surface area contributed by atoms with Crippen LogP contribution in [0.15, 0.2) is 103 Å². The van der Waals surface area contributed by atoms with Crippen LogP contribution in [-0.2, 0) is 6.42 Å². The van der Waals surface area contributed by atoms with E-state index >= 15 is 0 Å². The fraction of sp³-hybridized carbons (Fsp3) is 0.0370. The summed E-state index contributed by atoms with van der Waals surface area (Å²) in [5.74, 6) is 0. The van der Waals surface area contributed by atoms with Crippen molar-refractivity contribution in [1.82, 2.24) is 0 Å². The number of hydrogen-bond acceptors (Lipinski definition) is 2. The minimum Gasteiger partial charge on any atom is -0.258 e. The molecule has 0 aromatic heterocycles. The second-order valence-electron chi connectivity index (χ2n) is 7.41. The number of fused-ring (bicyclic) bond motifs is 1. The average molecular weight is 389 g/mol. The predicted octanol–water partition coefficient (Wildman–Crippen LogP) is 6.78. The van der Waals surface area contributed by atoms with Crippen LogP contribution >= 0.6 is 0 Å². The van der Waals surface area contributed by atoms with Crippen LogP contribution in [-0.4, -0.2) is 4.92 Å². The fourth-order valence-corrected chi connectivity index (χ4v) is 4.27. The maximum absolute atomic E-state index is 11.5. The quantitative estimate of drug-likeness (QED) is 0.285. The van der Waals surface area contributed by atoms with Crippen LogP contribution < -0.4 is 0 Å². The van der Waals surface area contributed by atoms with Gasteiger partial charge in [-0.1, -0.05) is 84.9 Å². The van der Waals surface area contributed by atoms with Gasteiger partial charge in [0, 0.05) is 6.07 Å². The van der Waals surface area contributed by atoms with Gasteiger partial charge in [-0.15, -0.1) is 0 Å². The van der Waals surface area contributed by atoms with Crippen molar-refractivity contribution in [3.63, 3.8) is 0 Å². The summed E-state index contributed by atoms with van der Waals surface area (Å²) in [5, 5.41) is 11.5. The molecule has 0 aliphatic heterocycles. The Morgan fingerprint density at radius 3 is 1.97 bits per heavy atom. The first-order valence-corrected chi connectivity index (χ1v) is 9.93. The van der Waals surface area contributed by atoms with E-state index in [0.29, 0.717) is 5.56 Å². The third-order valence-corrected chi connectivity index (χ3v) is 5.64. The first kappa shape index (κ1) is 18.1. The lowest BCUT2D eigenvalue weighted by atomic mass is 9.92. The maximum Gasteiger partial charge on any atom is 0.277 e. The smallest absolute Gasteiger partial charge is 0.258 e. The molecular weight excluding hydrogens is 370 g/mol. The zero-order valence-electron chi connectivity index (χ0n) is 16.3. The van der Waals surface area contributed by atoms with Crippen LogP contribution in [0, 0.1) is 10.1 Å². The summed E-state index contributed by atoms with van der Waals surface area (Å²) in [6.45, 7) is 0. The van der Waals surface area contributed by atoms with Crippen molar-refractivity contribution in [3.8, 4) is 11.1 Å². The SMILES string of the molecule is O=[N+]([O-])c1ccccc1-c1ccc2c(c1)C(c1ccccc1)=C(c1ccccc1)C2. The largest absolute Gasteiger partial charge is 0.277 e. The number of nitro benzene ring substituents is 1. The predicted molar refractivity (Wildman–Crippen MR) is 121 cm³/mol. The number of benzene rings is 4. The van der Waals surface area contributed by atoms with E-state index < -0.39 is 0 Å². The van der Waals surface area contributed by atoms with Gasteiger partial charge in [-0.2, -0.15) is 0 Å². The molecule has 4 aromatic carbocycles. The number of hydrogen-bond donors (Lipinski definition) is 0. The molecule has 1 aliphatic rings. The van der Waals surface area contributed by atoms with Gasteiger partial charge >= 0.3 is 0 Å². The molecule has 0 saturated carbocycles. The molecule has 0 radical (unpaired) electrons. The number of para-hydroxylation sites is 1. The number of nitrogens with zero attached hydrogens (tertiary/aromatic N) is 1. The van der Waals surface area contributed by atoms with Crippen molar-refractivity contribution in [1.29, 1.82) is 0 Å². The third kappa shape index (κ3) is 3.11. The standard InChI is InChI=1S/C27H19NO2/c29-28(30)26-14-8-7-13-23(26)21-15-16-22-18-24(19-9-3-1-4-10-19)27(25(22)17-21)20-11-5-2-6-12-20/h1-17H,18H2. The molecular formula is C27H19NO2. The van der Waals surface area contributed by atoms with Crippen LogP contribution in [0.4, 0.5) is 5.69 Å². The van der Waals surface area contributed by atoms with Crippen molar-refractivity contribution in [2.24, 2.45) is 0 Å². The van der Waals surface area contributed by atoms with Crippen molar-refractivity contribution in [2.75, 3.05) is 0 Å². The Bertz CT molecular complexity index is 1270. The molecule has 3 heteroatoms. The van der Waals surface area contributed by atoms with Gasteiger partial charge in [-0.05, 0) is 57.5 Å². The first-order chi connectivity index (χ1) is 14.7. The van der Waals surface area contributed by atoms with Gasteiger partial charge in [0.25, 0.3) is 5.69 Å². The fourth-order valence-electron chi connectivity index (χ4n) is 4.27. The van der Waals surface area contributed by atoms with Crippen LogP contribution in [0.2, 0.25) is 0 Å². The van der Waals surface area contributed by atoms with E-state index in [9.17, 15) is 10.1 Å². The van der Waals surface area contributed by atoms with Gasteiger partial charge in [0.05, 0.1) is 10.5 Å². The molecule has 0 unspecified atom stereocenters. The van der Waals surface area contributed by atoms with E-state index in [4.69, 9.17) is 0 Å². The molecule has 0 bridgehead atoms. The summed E-state index contributed by atoms with van der Waals surface area (Å²) in [7, 11) is 0. The van der Waals surface area contributed by atoms with Crippen molar-refractivity contribution in [3.05, 3.63) is 135 Å². The number of nitro groups is 1. The molecule has 0 amide bonds. The van der Waals surface area contributed by atoms with Gasteiger partial charge in [0.15, 0.2) is 0 Å². The van der Waals surface area contributed by atoms with E-state index in [0.717, 1.165) is 23.1 Å². The van der Waals surface area contributed by atoms with Crippen molar-refractivity contribution >= 4 is 16.8 Å². The summed E-state index contributed by atoms with van der Waals surface area (Å²) in [5.41, 5.74) is 8.90. The van der Waals surface area contributed by atoms with E-state index in [1.807, 2.05) is 30.3 Å². The maximum atomic E-state index is 11.5. The first-order valence-electron chi connectivity index (χ1n) is 9.93. The molecule has 1 aliphatic carbocycles. The topological polar surface area (TPSA) is 43.1 Å². The van der Waals surface area contributed by atoms with Crippen LogP contribution in [0.3, 0.4) is 0 Å². The normalized spacial score (nSPS) is 12.7. The molecule has 0 fully saturated rings. The summed E-state index contributed by atoms with van der Waals surface area (Å²) < 4.78 is 0. The highest BCUT2D eigenvalue weighted by atomic mass is 16.6. The molecule has 144 valence electrons. The molecule has 3 nitrogen and oxygen atoms in total. The molecule has 0 N–H and O–H groups in total. The lowest BCUT2D eigenvalue weighted by Crippen LogP contribution is -1.93. The zero-order chi connectivity index (χ0) is 20.5. The Hall–Kier alpha value is -3.98. The Kier molecular flexibility index (Phi) is 4.49. The highest BCUT2D eigenvalue weighted by Crippen LogP contribution is 2.44. The van der Waals surface area contributed by atoms with Crippen LogP contribution in [0.5, 0.6) is 0 Å². The van der Waals surface area contributed by atoms with Gasteiger partial charge in [0.2, 0.25) is 0 Å².